The molecule has 0 fully saturated rings. The monoisotopic (exact) mass is 228 g/mol. The van der Waals surface area contributed by atoms with E-state index in [-0.39, 0.29) is 5.91 Å². The first-order valence-electron chi connectivity index (χ1n) is 5.00. The minimum atomic E-state index is -0.447. The average Bonchev–Trinajstić information content (AvgIpc) is 2.58. The summed E-state index contributed by atoms with van der Waals surface area (Å²) in [6.07, 6.45) is 1.68. The van der Waals surface area contributed by atoms with E-state index in [1.165, 1.54) is 4.88 Å². The van der Waals surface area contributed by atoms with Crippen LogP contribution in [0.4, 0.5) is 0 Å². The summed E-state index contributed by atoms with van der Waals surface area (Å²) in [7, 11) is 0. The zero-order valence-electron chi connectivity index (χ0n) is 9.04. The van der Waals surface area contributed by atoms with Crippen LogP contribution in [0.1, 0.15) is 22.5 Å². The Kier molecular flexibility index (Phi) is 4.71. The van der Waals surface area contributed by atoms with Crippen molar-refractivity contribution in [2.75, 3.05) is 13.2 Å². The molecule has 1 aromatic heterocycles. The maximum atomic E-state index is 10.8. The van der Waals surface area contributed by atoms with Gasteiger partial charge in [-0.2, -0.15) is 0 Å². The van der Waals surface area contributed by atoms with Crippen LogP contribution in [0.2, 0.25) is 0 Å². The van der Waals surface area contributed by atoms with E-state index in [0.717, 1.165) is 23.5 Å². The van der Waals surface area contributed by atoms with Crippen molar-refractivity contribution in [3.05, 3.63) is 15.6 Å². The predicted molar refractivity (Wildman–Crippen MR) is 60.0 cm³/mol. The lowest BCUT2D eigenvalue weighted by Crippen LogP contribution is -2.28. The van der Waals surface area contributed by atoms with Gasteiger partial charge in [-0.1, -0.05) is 6.92 Å². The summed E-state index contributed by atoms with van der Waals surface area (Å²) in [6, 6.07) is 0. The number of thiazole rings is 1. The van der Waals surface area contributed by atoms with Crippen molar-refractivity contribution in [1.82, 2.24) is 10.3 Å². The molecule has 0 saturated heterocycles. The first kappa shape index (κ1) is 12.1. The van der Waals surface area contributed by atoms with Crippen LogP contribution in [-0.2, 0) is 17.6 Å². The van der Waals surface area contributed by atoms with E-state index in [9.17, 15) is 4.79 Å². The van der Waals surface area contributed by atoms with Crippen LogP contribution >= 0.6 is 11.3 Å². The molecule has 0 saturated carbocycles. The fourth-order valence-corrected chi connectivity index (χ4v) is 2.31. The van der Waals surface area contributed by atoms with E-state index in [1.54, 1.807) is 11.3 Å². The van der Waals surface area contributed by atoms with E-state index in [4.69, 9.17) is 5.11 Å². The predicted octanol–water partition coefficient (Wildman–Crippen LogP) is 0.665. The smallest absolute Gasteiger partial charge is 0.245 e. The van der Waals surface area contributed by atoms with Crippen LogP contribution in [0.15, 0.2) is 0 Å². The number of carbonyl (C=O) groups excluding carboxylic acids is 1. The molecule has 1 heterocycles. The van der Waals surface area contributed by atoms with Gasteiger partial charge in [0.1, 0.15) is 6.61 Å². The van der Waals surface area contributed by atoms with E-state index in [1.807, 2.05) is 0 Å². The van der Waals surface area contributed by atoms with Gasteiger partial charge in [0, 0.05) is 17.8 Å². The zero-order valence-corrected chi connectivity index (χ0v) is 9.86. The van der Waals surface area contributed by atoms with E-state index < -0.39 is 6.61 Å². The quantitative estimate of drug-likeness (QED) is 0.778. The zero-order chi connectivity index (χ0) is 11.3. The average molecular weight is 228 g/mol. The third-order valence-electron chi connectivity index (χ3n) is 2.08. The second-order valence-electron chi connectivity index (χ2n) is 3.22. The number of carbonyl (C=O) groups is 1. The van der Waals surface area contributed by atoms with Gasteiger partial charge in [-0.3, -0.25) is 4.79 Å². The number of amides is 1. The summed E-state index contributed by atoms with van der Waals surface area (Å²) in [6.45, 7) is 4.23. The second kappa shape index (κ2) is 5.82. The highest BCUT2D eigenvalue weighted by Gasteiger charge is 2.05. The summed E-state index contributed by atoms with van der Waals surface area (Å²) >= 11 is 1.67. The summed E-state index contributed by atoms with van der Waals surface area (Å²) in [4.78, 5) is 16.5. The third-order valence-corrected chi connectivity index (χ3v) is 3.15. The van der Waals surface area contributed by atoms with E-state index in [0.29, 0.717) is 6.54 Å². The van der Waals surface area contributed by atoms with Crippen LogP contribution in [0.25, 0.3) is 0 Å². The number of aliphatic hydroxyl groups excluding tert-OH is 1. The normalized spacial score (nSPS) is 10.3. The minimum absolute atomic E-state index is 0.334. The molecule has 0 bridgehead atoms. The van der Waals surface area contributed by atoms with Crippen molar-refractivity contribution in [3.8, 4) is 0 Å². The Hall–Kier alpha value is -0.940. The number of nitrogens with one attached hydrogen (secondary N) is 1. The maximum Gasteiger partial charge on any atom is 0.245 e. The number of aryl methyl sites for hydroxylation is 2. The summed E-state index contributed by atoms with van der Waals surface area (Å²) < 4.78 is 0. The fourth-order valence-electron chi connectivity index (χ4n) is 1.29. The van der Waals surface area contributed by atoms with Crippen LogP contribution in [-0.4, -0.2) is 29.1 Å². The van der Waals surface area contributed by atoms with E-state index >= 15 is 0 Å². The Morgan fingerprint density at radius 1 is 1.60 bits per heavy atom. The Balaban J connectivity index is 2.41. The second-order valence-corrected chi connectivity index (χ2v) is 4.51. The molecule has 4 nitrogen and oxygen atoms in total. The molecule has 5 heteroatoms. The maximum absolute atomic E-state index is 10.8. The van der Waals surface area contributed by atoms with Gasteiger partial charge in [0.05, 0.1) is 10.7 Å². The lowest BCUT2D eigenvalue weighted by Gasteiger charge is -1.99. The van der Waals surface area contributed by atoms with Gasteiger partial charge < -0.3 is 10.4 Å². The van der Waals surface area contributed by atoms with Crippen LogP contribution in [0.5, 0.6) is 0 Å². The molecule has 0 unspecified atom stereocenters. The van der Waals surface area contributed by atoms with Gasteiger partial charge in [0.15, 0.2) is 0 Å². The van der Waals surface area contributed by atoms with E-state index in [2.05, 4.69) is 24.1 Å². The Morgan fingerprint density at radius 2 is 2.33 bits per heavy atom. The van der Waals surface area contributed by atoms with Gasteiger partial charge in [0.25, 0.3) is 0 Å². The topological polar surface area (TPSA) is 62.2 Å². The highest BCUT2D eigenvalue weighted by molar-refractivity contribution is 7.11. The Morgan fingerprint density at radius 3 is 2.87 bits per heavy atom. The molecule has 0 aliphatic carbocycles. The molecule has 0 radical (unpaired) electrons. The Labute approximate surface area is 93.4 Å². The van der Waals surface area contributed by atoms with Gasteiger partial charge in [-0.05, 0) is 13.3 Å². The molecule has 2 N–H and O–H groups in total. The third kappa shape index (κ3) is 3.60. The molecule has 1 rings (SSSR count). The molecular weight excluding hydrogens is 212 g/mol. The first-order chi connectivity index (χ1) is 7.17. The van der Waals surface area contributed by atoms with Crippen molar-refractivity contribution in [2.45, 2.75) is 26.7 Å². The van der Waals surface area contributed by atoms with Gasteiger partial charge in [-0.25, -0.2) is 4.98 Å². The van der Waals surface area contributed by atoms with Crippen LogP contribution in [0.3, 0.4) is 0 Å². The lowest BCUT2D eigenvalue weighted by atomic mass is 10.3. The molecule has 0 aromatic carbocycles. The molecule has 84 valence electrons. The number of aliphatic hydroxyl groups is 1. The Bertz CT molecular complexity index is 336. The molecule has 0 spiro atoms. The van der Waals surface area contributed by atoms with Crippen LogP contribution in [0, 0.1) is 6.92 Å². The number of hydrogen-bond donors (Lipinski definition) is 2. The molecule has 1 amide bonds. The SMILES string of the molecule is CCc1nc(CCNC(=O)CO)sc1C. The first-order valence-corrected chi connectivity index (χ1v) is 5.81. The summed E-state index contributed by atoms with van der Waals surface area (Å²) in [5.74, 6) is -0.334. The fraction of sp³-hybridized carbons (Fsp3) is 0.600. The van der Waals surface area contributed by atoms with Crippen molar-refractivity contribution in [3.63, 3.8) is 0 Å². The van der Waals surface area contributed by atoms with Crippen LogP contribution < -0.4 is 5.32 Å². The molecule has 15 heavy (non-hydrogen) atoms. The van der Waals surface area contributed by atoms with Gasteiger partial charge in [0.2, 0.25) is 5.91 Å². The minimum Gasteiger partial charge on any atom is -0.387 e. The molecule has 0 aliphatic rings. The lowest BCUT2D eigenvalue weighted by molar-refractivity contribution is -0.123. The number of rotatable bonds is 5. The largest absolute Gasteiger partial charge is 0.387 e. The highest BCUT2D eigenvalue weighted by Crippen LogP contribution is 2.17. The van der Waals surface area contributed by atoms with Gasteiger partial charge in [-0.15, -0.1) is 11.3 Å². The van der Waals surface area contributed by atoms with Crippen molar-refractivity contribution in [1.29, 1.82) is 0 Å². The molecular formula is C10H16N2O2S. The summed E-state index contributed by atoms with van der Waals surface area (Å²) in [5, 5.41) is 12.1. The number of nitrogens with zero attached hydrogens (tertiary/aromatic N) is 1. The summed E-state index contributed by atoms with van der Waals surface area (Å²) in [5.41, 5.74) is 1.14. The highest BCUT2D eigenvalue weighted by atomic mass is 32.1. The standard InChI is InChI=1S/C10H16N2O2S/c1-3-8-7(2)15-10(12-8)4-5-11-9(14)6-13/h13H,3-6H2,1-2H3,(H,11,14). The molecule has 0 aliphatic heterocycles. The molecule has 1 aromatic rings. The van der Waals surface area contributed by atoms with Crippen molar-refractivity contribution < 1.29 is 9.90 Å². The van der Waals surface area contributed by atoms with Gasteiger partial charge >= 0.3 is 0 Å². The van der Waals surface area contributed by atoms with Crippen molar-refractivity contribution in [2.24, 2.45) is 0 Å². The van der Waals surface area contributed by atoms with Crippen molar-refractivity contribution >= 4 is 17.2 Å². The number of hydrogen-bond acceptors (Lipinski definition) is 4. The number of aromatic nitrogens is 1. The molecule has 0 atom stereocenters.